The number of carbonyl (C=O) groups excluding carboxylic acids is 1. The SMILES string of the molecule is O=CNc1[nH]cnc1Br. The molecule has 0 unspecified atom stereocenters. The highest BCUT2D eigenvalue weighted by atomic mass is 79.9. The molecule has 0 spiro atoms. The predicted molar refractivity (Wildman–Crippen MR) is 36.0 cm³/mol. The van der Waals surface area contributed by atoms with Gasteiger partial charge in [-0.25, -0.2) is 4.98 Å². The fourth-order valence-electron chi connectivity index (χ4n) is 0.438. The third-order valence-corrected chi connectivity index (χ3v) is 1.40. The van der Waals surface area contributed by atoms with E-state index >= 15 is 0 Å². The zero-order valence-corrected chi connectivity index (χ0v) is 5.97. The summed E-state index contributed by atoms with van der Waals surface area (Å²) in [5, 5.41) is 2.41. The topological polar surface area (TPSA) is 57.8 Å². The van der Waals surface area contributed by atoms with E-state index in [9.17, 15) is 4.79 Å². The molecule has 0 saturated carbocycles. The van der Waals surface area contributed by atoms with Gasteiger partial charge in [-0.3, -0.25) is 4.79 Å². The first-order valence-electron chi connectivity index (χ1n) is 2.23. The number of amides is 1. The van der Waals surface area contributed by atoms with E-state index in [1.54, 1.807) is 0 Å². The van der Waals surface area contributed by atoms with Crippen molar-refractivity contribution in [2.75, 3.05) is 5.32 Å². The summed E-state index contributed by atoms with van der Waals surface area (Å²) in [5.41, 5.74) is 0. The van der Waals surface area contributed by atoms with Gasteiger partial charge in [-0.05, 0) is 15.9 Å². The summed E-state index contributed by atoms with van der Waals surface area (Å²) in [6.07, 6.45) is 2.06. The Balaban J connectivity index is 2.80. The molecule has 9 heavy (non-hydrogen) atoms. The fourth-order valence-corrected chi connectivity index (χ4v) is 0.769. The highest BCUT2D eigenvalue weighted by molar-refractivity contribution is 9.10. The Bertz CT molecular complexity index is 209. The lowest BCUT2D eigenvalue weighted by molar-refractivity contribution is -0.105. The van der Waals surface area contributed by atoms with Gasteiger partial charge in [0.1, 0.15) is 10.4 Å². The van der Waals surface area contributed by atoms with E-state index in [-0.39, 0.29) is 0 Å². The van der Waals surface area contributed by atoms with Gasteiger partial charge in [-0.2, -0.15) is 0 Å². The third kappa shape index (κ3) is 1.29. The monoisotopic (exact) mass is 189 g/mol. The van der Waals surface area contributed by atoms with Crippen molar-refractivity contribution >= 4 is 28.2 Å². The van der Waals surface area contributed by atoms with Gasteiger partial charge in [0, 0.05) is 0 Å². The van der Waals surface area contributed by atoms with Crippen LogP contribution in [0, 0.1) is 0 Å². The van der Waals surface area contributed by atoms with Crippen molar-refractivity contribution in [1.29, 1.82) is 0 Å². The van der Waals surface area contributed by atoms with Gasteiger partial charge in [-0.1, -0.05) is 0 Å². The summed E-state index contributed by atoms with van der Waals surface area (Å²) < 4.78 is 0.606. The van der Waals surface area contributed by atoms with Crippen molar-refractivity contribution in [2.24, 2.45) is 0 Å². The second-order valence-corrected chi connectivity index (χ2v) is 2.08. The summed E-state index contributed by atoms with van der Waals surface area (Å²) in [7, 11) is 0. The molecule has 4 nitrogen and oxygen atoms in total. The van der Waals surface area contributed by atoms with Crippen LogP contribution in [0.25, 0.3) is 0 Å². The second kappa shape index (κ2) is 2.63. The average Bonchev–Trinajstić information content (AvgIpc) is 2.18. The molecule has 0 aromatic carbocycles. The second-order valence-electron chi connectivity index (χ2n) is 1.33. The molecule has 0 aliphatic rings. The van der Waals surface area contributed by atoms with E-state index < -0.39 is 0 Å². The standard InChI is InChI=1S/C4H4BrN3O/c5-3-4(8-2-9)7-1-6-3/h1-2H,(H,6,7)(H,8,9). The normalized spacial score (nSPS) is 9.00. The molecule has 0 bridgehead atoms. The smallest absolute Gasteiger partial charge is 0.212 e. The van der Waals surface area contributed by atoms with Crippen LogP contribution in [0.4, 0.5) is 5.82 Å². The minimum Gasteiger partial charge on any atom is -0.330 e. The van der Waals surface area contributed by atoms with Crippen LogP contribution in [0.15, 0.2) is 10.9 Å². The van der Waals surface area contributed by atoms with Crippen LogP contribution in [-0.2, 0) is 4.79 Å². The number of imidazole rings is 1. The number of carbonyl (C=O) groups is 1. The first-order valence-corrected chi connectivity index (χ1v) is 3.03. The highest BCUT2D eigenvalue weighted by Gasteiger charge is 1.97. The lowest BCUT2D eigenvalue weighted by Crippen LogP contribution is -1.93. The van der Waals surface area contributed by atoms with E-state index in [1.807, 2.05) is 0 Å². The Morgan fingerprint density at radius 1 is 1.89 bits per heavy atom. The van der Waals surface area contributed by atoms with Crippen LogP contribution in [0.1, 0.15) is 0 Å². The van der Waals surface area contributed by atoms with Gasteiger partial charge in [0.2, 0.25) is 6.41 Å². The summed E-state index contributed by atoms with van der Waals surface area (Å²) in [5.74, 6) is 0.574. The quantitative estimate of drug-likeness (QED) is 0.675. The molecule has 1 rings (SSSR count). The summed E-state index contributed by atoms with van der Waals surface area (Å²) in [4.78, 5) is 16.3. The van der Waals surface area contributed by atoms with Crippen LogP contribution in [0.2, 0.25) is 0 Å². The number of hydrogen-bond acceptors (Lipinski definition) is 2. The molecule has 0 aliphatic carbocycles. The minimum atomic E-state index is 0.574. The number of aromatic nitrogens is 2. The number of halogens is 1. The van der Waals surface area contributed by atoms with E-state index in [0.29, 0.717) is 16.8 Å². The van der Waals surface area contributed by atoms with Crippen molar-refractivity contribution in [2.45, 2.75) is 0 Å². The zero-order valence-electron chi connectivity index (χ0n) is 4.39. The molecule has 1 aromatic rings. The summed E-state index contributed by atoms with van der Waals surface area (Å²) >= 11 is 3.10. The molecular formula is C4H4BrN3O. The zero-order chi connectivity index (χ0) is 6.69. The molecule has 0 radical (unpaired) electrons. The van der Waals surface area contributed by atoms with Gasteiger partial charge in [0.05, 0.1) is 6.33 Å². The number of hydrogen-bond donors (Lipinski definition) is 2. The van der Waals surface area contributed by atoms with Crippen molar-refractivity contribution in [1.82, 2.24) is 9.97 Å². The Kier molecular flexibility index (Phi) is 1.84. The van der Waals surface area contributed by atoms with Crippen molar-refractivity contribution in [3.8, 4) is 0 Å². The molecule has 0 saturated heterocycles. The van der Waals surface area contributed by atoms with Gasteiger partial charge >= 0.3 is 0 Å². The number of H-pyrrole nitrogens is 1. The predicted octanol–water partition coefficient (Wildman–Crippen LogP) is 0.740. The van der Waals surface area contributed by atoms with Gasteiger partial charge in [-0.15, -0.1) is 0 Å². The molecule has 0 aliphatic heterocycles. The van der Waals surface area contributed by atoms with Crippen LogP contribution in [0.5, 0.6) is 0 Å². The number of nitrogens with one attached hydrogen (secondary N) is 2. The Labute approximate surface area is 59.8 Å². The van der Waals surface area contributed by atoms with Gasteiger partial charge < -0.3 is 10.3 Å². The molecule has 0 atom stereocenters. The van der Waals surface area contributed by atoms with Gasteiger partial charge in [0.25, 0.3) is 0 Å². The van der Waals surface area contributed by atoms with E-state index in [4.69, 9.17) is 0 Å². The number of rotatable bonds is 2. The van der Waals surface area contributed by atoms with Crippen LogP contribution in [-0.4, -0.2) is 16.4 Å². The lowest BCUT2D eigenvalue weighted by atomic mass is 10.7. The average molecular weight is 190 g/mol. The maximum atomic E-state index is 9.84. The molecule has 48 valence electrons. The van der Waals surface area contributed by atoms with E-state index in [1.165, 1.54) is 6.33 Å². The van der Waals surface area contributed by atoms with E-state index in [2.05, 4.69) is 31.2 Å². The molecule has 1 amide bonds. The van der Waals surface area contributed by atoms with Crippen LogP contribution >= 0.6 is 15.9 Å². The first kappa shape index (κ1) is 6.28. The molecular weight excluding hydrogens is 186 g/mol. The maximum absolute atomic E-state index is 9.84. The number of nitrogens with zero attached hydrogens (tertiary/aromatic N) is 1. The minimum absolute atomic E-state index is 0.574. The Morgan fingerprint density at radius 2 is 2.67 bits per heavy atom. The molecule has 0 fully saturated rings. The first-order chi connectivity index (χ1) is 4.34. The molecule has 1 aromatic heterocycles. The third-order valence-electron chi connectivity index (χ3n) is 0.796. The molecule has 2 N–H and O–H groups in total. The summed E-state index contributed by atoms with van der Waals surface area (Å²) in [6.45, 7) is 0. The number of anilines is 1. The van der Waals surface area contributed by atoms with Crippen LogP contribution < -0.4 is 5.32 Å². The summed E-state index contributed by atoms with van der Waals surface area (Å²) in [6, 6.07) is 0. The van der Waals surface area contributed by atoms with Crippen LogP contribution in [0.3, 0.4) is 0 Å². The van der Waals surface area contributed by atoms with Crippen molar-refractivity contribution < 1.29 is 4.79 Å². The maximum Gasteiger partial charge on any atom is 0.212 e. The number of aromatic amines is 1. The van der Waals surface area contributed by atoms with E-state index in [0.717, 1.165) is 0 Å². The fraction of sp³-hybridized carbons (Fsp3) is 0. The van der Waals surface area contributed by atoms with Crippen molar-refractivity contribution in [3.63, 3.8) is 0 Å². The highest BCUT2D eigenvalue weighted by Crippen LogP contribution is 2.14. The molecule has 1 heterocycles. The largest absolute Gasteiger partial charge is 0.330 e. The molecule has 5 heteroatoms. The Hall–Kier alpha value is -0.840. The lowest BCUT2D eigenvalue weighted by Gasteiger charge is -1.89. The van der Waals surface area contributed by atoms with Crippen molar-refractivity contribution in [3.05, 3.63) is 10.9 Å². The van der Waals surface area contributed by atoms with Gasteiger partial charge in [0.15, 0.2) is 0 Å². The Morgan fingerprint density at radius 3 is 3.11 bits per heavy atom.